The number of nitrogens with zero attached hydrogens (tertiary/aromatic N) is 2. The molecule has 0 unspecified atom stereocenters. The number of fused-ring (bicyclic) bond motifs is 1. The normalized spacial score (nSPS) is 13.1. The number of amides is 1. The van der Waals surface area contributed by atoms with Crippen LogP contribution in [0.5, 0.6) is 0 Å². The average molecular weight is 488 g/mol. The van der Waals surface area contributed by atoms with Crippen LogP contribution in [0, 0.1) is 25.2 Å². The first-order valence-corrected chi connectivity index (χ1v) is 12.7. The van der Waals surface area contributed by atoms with Crippen molar-refractivity contribution >= 4 is 29.3 Å². The molecule has 1 aliphatic rings. The Morgan fingerprint density at radius 3 is 2.66 bits per heavy atom. The largest absolute Gasteiger partial charge is 0.462 e. The topological polar surface area (TPSA) is 84.1 Å². The Bertz CT molecular complexity index is 1330. The molecule has 0 bridgehead atoms. The Labute approximate surface area is 209 Å². The SMILES string of the molecule is CCOC(=O)c1c(-n2c(C)cc(C=C(C#N)C(=O)NCc3ccccc3)c2C)sc2c1CCCC2. The Morgan fingerprint density at radius 2 is 1.94 bits per heavy atom. The van der Waals surface area contributed by atoms with Crippen LogP contribution in [0.2, 0.25) is 0 Å². The van der Waals surface area contributed by atoms with E-state index in [0.29, 0.717) is 18.7 Å². The van der Waals surface area contributed by atoms with Crippen LogP contribution in [0.25, 0.3) is 11.1 Å². The fourth-order valence-corrected chi connectivity index (χ4v) is 6.03. The zero-order valence-electron chi connectivity index (χ0n) is 20.3. The van der Waals surface area contributed by atoms with E-state index in [1.54, 1.807) is 17.4 Å². The molecule has 6 nitrogen and oxygen atoms in total. The van der Waals surface area contributed by atoms with E-state index < -0.39 is 5.91 Å². The third kappa shape index (κ3) is 5.08. The number of benzene rings is 1. The summed E-state index contributed by atoms with van der Waals surface area (Å²) in [5.74, 6) is -0.704. The summed E-state index contributed by atoms with van der Waals surface area (Å²) in [7, 11) is 0. The van der Waals surface area contributed by atoms with Crippen LogP contribution in [0.15, 0.2) is 42.0 Å². The minimum atomic E-state index is -0.417. The van der Waals surface area contributed by atoms with Crippen molar-refractivity contribution in [2.75, 3.05) is 6.61 Å². The molecule has 1 aromatic carbocycles. The fraction of sp³-hybridized carbons (Fsp3) is 0.321. The van der Waals surface area contributed by atoms with E-state index in [4.69, 9.17) is 4.74 Å². The van der Waals surface area contributed by atoms with E-state index in [1.807, 2.05) is 63.2 Å². The third-order valence-electron chi connectivity index (χ3n) is 6.27. The van der Waals surface area contributed by atoms with Crippen molar-refractivity contribution in [1.29, 1.82) is 5.26 Å². The van der Waals surface area contributed by atoms with Crippen LogP contribution in [0.4, 0.5) is 0 Å². The van der Waals surface area contributed by atoms with Gasteiger partial charge in [0.05, 0.1) is 12.2 Å². The summed E-state index contributed by atoms with van der Waals surface area (Å²) in [6.45, 7) is 6.41. The van der Waals surface area contributed by atoms with E-state index in [0.717, 1.165) is 58.8 Å². The molecule has 0 saturated heterocycles. The molecule has 180 valence electrons. The lowest BCUT2D eigenvalue weighted by molar-refractivity contribution is -0.117. The molecule has 0 radical (unpaired) electrons. The molecule has 1 N–H and O–H groups in total. The van der Waals surface area contributed by atoms with Crippen LogP contribution in [-0.4, -0.2) is 23.1 Å². The highest BCUT2D eigenvalue weighted by atomic mass is 32.1. The lowest BCUT2D eigenvalue weighted by Crippen LogP contribution is -2.23. The molecular formula is C28H29N3O3S. The molecule has 0 fully saturated rings. The zero-order valence-corrected chi connectivity index (χ0v) is 21.1. The van der Waals surface area contributed by atoms with E-state index in [-0.39, 0.29) is 11.5 Å². The van der Waals surface area contributed by atoms with Crippen molar-refractivity contribution < 1.29 is 14.3 Å². The van der Waals surface area contributed by atoms with Crippen molar-refractivity contribution in [3.8, 4) is 11.1 Å². The molecule has 2 heterocycles. The van der Waals surface area contributed by atoms with Gasteiger partial charge in [0.25, 0.3) is 5.91 Å². The number of hydrogen-bond acceptors (Lipinski definition) is 5. The van der Waals surface area contributed by atoms with Crippen LogP contribution < -0.4 is 5.32 Å². The van der Waals surface area contributed by atoms with Crippen LogP contribution >= 0.6 is 11.3 Å². The lowest BCUT2D eigenvalue weighted by Gasteiger charge is -2.13. The molecule has 2 aromatic heterocycles. The lowest BCUT2D eigenvalue weighted by atomic mass is 9.95. The number of ether oxygens (including phenoxy) is 1. The smallest absolute Gasteiger partial charge is 0.341 e. The van der Waals surface area contributed by atoms with Gasteiger partial charge >= 0.3 is 5.97 Å². The third-order valence-corrected chi connectivity index (χ3v) is 7.54. The van der Waals surface area contributed by atoms with Gasteiger partial charge in [-0.15, -0.1) is 11.3 Å². The van der Waals surface area contributed by atoms with Gasteiger partial charge in [-0.1, -0.05) is 30.3 Å². The van der Waals surface area contributed by atoms with Crippen LogP contribution in [0.1, 0.15) is 63.1 Å². The molecule has 7 heteroatoms. The van der Waals surface area contributed by atoms with Gasteiger partial charge in [0.2, 0.25) is 0 Å². The average Bonchev–Trinajstić information content (AvgIpc) is 3.37. The predicted octanol–water partition coefficient (Wildman–Crippen LogP) is 5.43. The number of nitrogens with one attached hydrogen (secondary N) is 1. The highest BCUT2D eigenvalue weighted by Crippen LogP contribution is 2.39. The molecule has 4 rings (SSSR count). The van der Waals surface area contributed by atoms with Gasteiger partial charge in [-0.3, -0.25) is 4.79 Å². The quantitative estimate of drug-likeness (QED) is 0.273. The second-order valence-corrected chi connectivity index (χ2v) is 9.70. The van der Waals surface area contributed by atoms with Crippen molar-refractivity contribution in [3.05, 3.63) is 80.5 Å². The number of thiophene rings is 1. The molecule has 1 amide bonds. The van der Waals surface area contributed by atoms with Gasteiger partial charge in [-0.05, 0) is 75.3 Å². The predicted molar refractivity (Wildman–Crippen MR) is 138 cm³/mol. The monoisotopic (exact) mass is 487 g/mol. The minimum absolute atomic E-state index is 0.0391. The first-order chi connectivity index (χ1) is 16.9. The summed E-state index contributed by atoms with van der Waals surface area (Å²) in [6.07, 6.45) is 5.66. The number of carbonyl (C=O) groups excluding carboxylic acids is 2. The Morgan fingerprint density at radius 1 is 1.20 bits per heavy atom. The molecule has 3 aromatic rings. The summed E-state index contributed by atoms with van der Waals surface area (Å²) >= 11 is 1.64. The van der Waals surface area contributed by atoms with Gasteiger partial charge < -0.3 is 14.6 Å². The number of aromatic nitrogens is 1. The number of aryl methyl sites for hydroxylation is 2. The molecule has 0 atom stereocenters. The molecule has 0 spiro atoms. The fourth-order valence-electron chi connectivity index (χ4n) is 4.55. The van der Waals surface area contributed by atoms with Gasteiger partial charge in [0.15, 0.2) is 0 Å². The number of nitriles is 1. The Hall–Kier alpha value is -3.63. The zero-order chi connectivity index (χ0) is 24.9. The van der Waals surface area contributed by atoms with Gasteiger partial charge in [-0.25, -0.2) is 4.79 Å². The minimum Gasteiger partial charge on any atom is -0.462 e. The molecule has 0 aliphatic heterocycles. The summed E-state index contributed by atoms with van der Waals surface area (Å²) in [5, 5.41) is 13.4. The van der Waals surface area contributed by atoms with Gasteiger partial charge in [-0.2, -0.15) is 5.26 Å². The van der Waals surface area contributed by atoms with E-state index in [9.17, 15) is 14.9 Å². The summed E-state index contributed by atoms with van der Waals surface area (Å²) in [4.78, 5) is 26.9. The van der Waals surface area contributed by atoms with Crippen molar-refractivity contribution in [2.24, 2.45) is 0 Å². The summed E-state index contributed by atoms with van der Waals surface area (Å²) in [5.41, 5.74) is 5.34. The molecule has 35 heavy (non-hydrogen) atoms. The first kappa shape index (κ1) is 24.5. The maximum absolute atomic E-state index is 13.0. The van der Waals surface area contributed by atoms with Gasteiger partial charge in [0, 0.05) is 22.8 Å². The number of esters is 1. The highest BCUT2D eigenvalue weighted by molar-refractivity contribution is 7.15. The van der Waals surface area contributed by atoms with Gasteiger partial charge in [0.1, 0.15) is 16.6 Å². The summed E-state index contributed by atoms with van der Waals surface area (Å²) < 4.78 is 7.48. The standard InChI is InChI=1S/C28H29N3O3S/c1-4-34-28(33)25-23-12-8-9-13-24(23)35-27(25)31-18(2)14-21(19(31)3)15-22(16-29)26(32)30-17-20-10-6-5-7-11-20/h5-7,10-11,14-15H,4,8-9,12-13,17H2,1-3H3,(H,30,32). The maximum Gasteiger partial charge on any atom is 0.341 e. The van der Waals surface area contributed by atoms with E-state index in [1.165, 1.54) is 4.88 Å². The van der Waals surface area contributed by atoms with Crippen molar-refractivity contribution in [2.45, 2.75) is 53.0 Å². The first-order valence-electron chi connectivity index (χ1n) is 11.9. The number of carbonyl (C=O) groups is 2. The number of hydrogen-bond donors (Lipinski definition) is 1. The van der Waals surface area contributed by atoms with Crippen LogP contribution in [0.3, 0.4) is 0 Å². The highest BCUT2D eigenvalue weighted by Gasteiger charge is 2.28. The van der Waals surface area contributed by atoms with Crippen molar-refractivity contribution in [3.63, 3.8) is 0 Å². The second kappa shape index (κ2) is 10.7. The second-order valence-electron chi connectivity index (χ2n) is 8.61. The van der Waals surface area contributed by atoms with E-state index >= 15 is 0 Å². The molecular weight excluding hydrogens is 458 g/mol. The Kier molecular flexibility index (Phi) is 7.52. The maximum atomic E-state index is 13.0. The number of rotatable bonds is 7. The van der Waals surface area contributed by atoms with Crippen molar-refractivity contribution in [1.82, 2.24) is 9.88 Å². The van der Waals surface area contributed by atoms with Crippen LogP contribution in [-0.2, 0) is 28.9 Å². The Balaban J connectivity index is 1.68. The molecule has 1 aliphatic carbocycles. The van der Waals surface area contributed by atoms with E-state index in [2.05, 4.69) is 9.88 Å². The molecule has 0 saturated carbocycles. The summed E-state index contributed by atoms with van der Waals surface area (Å²) in [6, 6.07) is 13.6.